The van der Waals surface area contributed by atoms with Gasteiger partial charge in [0.1, 0.15) is 11.4 Å². The first-order valence-corrected chi connectivity index (χ1v) is 4.92. The number of rotatable bonds is 1. The number of nitrogens with zero attached hydrogens (tertiary/aromatic N) is 2. The summed E-state index contributed by atoms with van der Waals surface area (Å²) < 4.78 is 10.4. The van der Waals surface area contributed by atoms with Crippen molar-refractivity contribution in [3.05, 3.63) is 11.8 Å². The van der Waals surface area contributed by atoms with E-state index in [4.69, 9.17) is 10.5 Å². The molecule has 2 N–H and O–H groups in total. The van der Waals surface area contributed by atoms with Gasteiger partial charge >= 0.3 is 12.1 Å². The van der Waals surface area contributed by atoms with E-state index in [9.17, 15) is 9.59 Å². The van der Waals surface area contributed by atoms with Crippen molar-refractivity contribution in [1.29, 1.82) is 0 Å². The molecule has 1 aromatic heterocycles. The van der Waals surface area contributed by atoms with Crippen molar-refractivity contribution in [2.45, 2.75) is 26.4 Å². The summed E-state index contributed by atoms with van der Waals surface area (Å²) in [6.45, 7) is 5.11. The van der Waals surface area contributed by atoms with Gasteiger partial charge in [0.25, 0.3) is 0 Å². The van der Waals surface area contributed by atoms with E-state index in [1.807, 2.05) is 0 Å². The SMILES string of the molecule is COC(=O)c1cc(N)nn1C(=O)OC(C)(C)C. The standard InChI is InChI=1S/C10H15N3O4/c1-10(2,3)17-9(15)13-6(8(14)16-4)5-7(11)12-13/h5H,1-4H3,(H2,11,12). The lowest BCUT2D eigenvalue weighted by Gasteiger charge is -2.19. The molecule has 7 heteroatoms. The van der Waals surface area contributed by atoms with Crippen molar-refractivity contribution in [2.24, 2.45) is 0 Å². The number of methoxy groups -OCH3 is 1. The minimum Gasteiger partial charge on any atom is -0.464 e. The molecule has 0 aliphatic heterocycles. The van der Waals surface area contributed by atoms with Crippen LogP contribution in [0.4, 0.5) is 10.6 Å². The van der Waals surface area contributed by atoms with Crippen molar-refractivity contribution in [1.82, 2.24) is 9.78 Å². The Hall–Kier alpha value is -2.05. The normalized spacial score (nSPS) is 11.1. The van der Waals surface area contributed by atoms with Crippen molar-refractivity contribution < 1.29 is 19.1 Å². The fourth-order valence-electron chi connectivity index (χ4n) is 1.09. The molecule has 94 valence electrons. The van der Waals surface area contributed by atoms with Crippen molar-refractivity contribution >= 4 is 17.9 Å². The van der Waals surface area contributed by atoms with Crippen molar-refractivity contribution in [2.75, 3.05) is 12.8 Å². The minimum atomic E-state index is -0.783. The molecular weight excluding hydrogens is 226 g/mol. The zero-order valence-corrected chi connectivity index (χ0v) is 10.2. The van der Waals surface area contributed by atoms with Crippen LogP contribution in [0.1, 0.15) is 31.3 Å². The Bertz CT molecular complexity index is 445. The van der Waals surface area contributed by atoms with E-state index >= 15 is 0 Å². The second-order valence-electron chi connectivity index (χ2n) is 4.34. The van der Waals surface area contributed by atoms with Gasteiger partial charge in [-0.1, -0.05) is 0 Å². The fraction of sp³-hybridized carbons (Fsp3) is 0.500. The van der Waals surface area contributed by atoms with Gasteiger partial charge in [0.05, 0.1) is 7.11 Å². The first kappa shape index (κ1) is 13.0. The van der Waals surface area contributed by atoms with Crippen LogP contribution < -0.4 is 5.73 Å². The highest BCUT2D eigenvalue weighted by atomic mass is 16.6. The van der Waals surface area contributed by atoms with Gasteiger partial charge < -0.3 is 15.2 Å². The molecule has 0 fully saturated rings. The van der Waals surface area contributed by atoms with Crippen LogP contribution >= 0.6 is 0 Å². The predicted molar refractivity (Wildman–Crippen MR) is 59.6 cm³/mol. The molecule has 17 heavy (non-hydrogen) atoms. The Kier molecular flexibility index (Phi) is 3.40. The summed E-state index contributed by atoms with van der Waals surface area (Å²) in [4.78, 5) is 23.1. The Labute approximate surface area is 98.5 Å². The molecule has 0 unspecified atom stereocenters. The first-order valence-electron chi connectivity index (χ1n) is 4.92. The number of carbonyl (C=O) groups excluding carboxylic acids is 2. The van der Waals surface area contributed by atoms with Crippen LogP contribution in [-0.2, 0) is 9.47 Å². The maximum absolute atomic E-state index is 11.7. The topological polar surface area (TPSA) is 96.4 Å². The van der Waals surface area contributed by atoms with Crippen LogP contribution in [0.2, 0.25) is 0 Å². The first-order chi connectivity index (χ1) is 7.74. The molecule has 1 aromatic rings. The van der Waals surface area contributed by atoms with Crippen LogP contribution in [0.3, 0.4) is 0 Å². The molecule has 0 saturated heterocycles. The number of anilines is 1. The molecule has 1 rings (SSSR count). The lowest BCUT2D eigenvalue weighted by atomic mass is 10.2. The fourth-order valence-corrected chi connectivity index (χ4v) is 1.09. The van der Waals surface area contributed by atoms with E-state index in [2.05, 4.69) is 9.84 Å². The maximum atomic E-state index is 11.7. The molecule has 7 nitrogen and oxygen atoms in total. The van der Waals surface area contributed by atoms with E-state index < -0.39 is 17.7 Å². The molecule has 0 spiro atoms. The van der Waals surface area contributed by atoms with Crippen LogP contribution in [0.15, 0.2) is 6.07 Å². The Morgan fingerprint density at radius 2 is 2.00 bits per heavy atom. The summed E-state index contributed by atoms with van der Waals surface area (Å²) in [5.74, 6) is -0.670. The number of ether oxygens (including phenoxy) is 2. The quantitative estimate of drug-likeness (QED) is 0.738. The lowest BCUT2D eigenvalue weighted by Crippen LogP contribution is -2.29. The van der Waals surface area contributed by atoms with E-state index in [-0.39, 0.29) is 11.5 Å². The van der Waals surface area contributed by atoms with Gasteiger partial charge in [-0.25, -0.2) is 9.59 Å². The largest absolute Gasteiger partial charge is 0.464 e. The third-order valence-electron chi connectivity index (χ3n) is 1.69. The Morgan fingerprint density at radius 3 is 2.47 bits per heavy atom. The van der Waals surface area contributed by atoms with Gasteiger partial charge in [0, 0.05) is 6.07 Å². The van der Waals surface area contributed by atoms with Gasteiger partial charge in [-0.05, 0) is 20.8 Å². The van der Waals surface area contributed by atoms with E-state index in [0.29, 0.717) is 0 Å². The highest BCUT2D eigenvalue weighted by Crippen LogP contribution is 2.12. The lowest BCUT2D eigenvalue weighted by molar-refractivity contribution is 0.0463. The van der Waals surface area contributed by atoms with Crippen molar-refractivity contribution in [3.63, 3.8) is 0 Å². The summed E-state index contributed by atoms with van der Waals surface area (Å²) in [6.07, 6.45) is -0.783. The van der Waals surface area contributed by atoms with Crippen LogP contribution in [-0.4, -0.2) is 34.6 Å². The van der Waals surface area contributed by atoms with Crippen molar-refractivity contribution in [3.8, 4) is 0 Å². The number of nitrogen functional groups attached to an aromatic ring is 1. The summed E-state index contributed by atoms with van der Waals surface area (Å²) in [5, 5.41) is 3.68. The molecule has 0 aromatic carbocycles. The summed E-state index contributed by atoms with van der Waals surface area (Å²) in [6, 6.07) is 1.25. The average molecular weight is 241 g/mol. The molecule has 0 saturated carbocycles. The predicted octanol–water partition coefficient (Wildman–Crippen LogP) is 1.04. The number of aromatic nitrogens is 2. The average Bonchev–Trinajstić information content (AvgIpc) is 2.56. The minimum absolute atomic E-state index is 0.0382. The Morgan fingerprint density at radius 1 is 1.41 bits per heavy atom. The number of esters is 1. The van der Waals surface area contributed by atoms with Gasteiger partial charge in [0.15, 0.2) is 5.69 Å². The van der Waals surface area contributed by atoms with Gasteiger partial charge in [0.2, 0.25) is 0 Å². The van der Waals surface area contributed by atoms with Crippen LogP contribution in [0.5, 0.6) is 0 Å². The maximum Gasteiger partial charge on any atom is 0.436 e. The summed E-state index contributed by atoms with van der Waals surface area (Å²) in [5.41, 5.74) is 4.67. The third kappa shape index (κ3) is 3.20. The number of hydrogen-bond donors (Lipinski definition) is 1. The van der Waals surface area contributed by atoms with Crippen LogP contribution in [0.25, 0.3) is 0 Å². The molecular formula is C10H15N3O4. The van der Waals surface area contributed by atoms with Gasteiger partial charge in [-0.15, -0.1) is 5.10 Å². The van der Waals surface area contributed by atoms with E-state index in [1.165, 1.54) is 13.2 Å². The Balaban J connectivity index is 3.05. The molecule has 0 bridgehead atoms. The zero-order valence-electron chi connectivity index (χ0n) is 10.2. The van der Waals surface area contributed by atoms with Gasteiger partial charge in [-0.3, -0.25) is 0 Å². The number of carbonyl (C=O) groups is 2. The molecule has 0 aliphatic carbocycles. The van der Waals surface area contributed by atoms with Gasteiger partial charge in [-0.2, -0.15) is 4.68 Å². The third-order valence-corrected chi connectivity index (χ3v) is 1.69. The molecule has 0 atom stereocenters. The summed E-state index contributed by atoms with van der Waals surface area (Å²) in [7, 11) is 1.20. The van der Waals surface area contributed by atoms with E-state index in [0.717, 1.165) is 4.68 Å². The second-order valence-corrected chi connectivity index (χ2v) is 4.34. The molecule has 0 aliphatic rings. The highest BCUT2D eigenvalue weighted by molar-refractivity contribution is 5.92. The highest BCUT2D eigenvalue weighted by Gasteiger charge is 2.24. The molecule has 0 amide bonds. The monoisotopic (exact) mass is 241 g/mol. The van der Waals surface area contributed by atoms with E-state index in [1.54, 1.807) is 20.8 Å². The molecule has 1 heterocycles. The smallest absolute Gasteiger partial charge is 0.436 e. The second kappa shape index (κ2) is 4.44. The van der Waals surface area contributed by atoms with Crippen LogP contribution in [0, 0.1) is 0 Å². The number of hydrogen-bond acceptors (Lipinski definition) is 6. The molecule has 0 radical (unpaired) electrons. The number of nitrogens with two attached hydrogens (primary N) is 1. The zero-order chi connectivity index (χ0) is 13.2. The summed E-state index contributed by atoms with van der Waals surface area (Å²) >= 11 is 0.